The maximum absolute atomic E-state index is 13.6. The fraction of sp³-hybridized carbons (Fsp3) is 0.385. The number of carbonyl (C=O) groups excluding carboxylic acids is 2. The van der Waals surface area contributed by atoms with Gasteiger partial charge in [0.1, 0.15) is 5.54 Å². The third-order valence-corrected chi connectivity index (χ3v) is 6.61. The van der Waals surface area contributed by atoms with Gasteiger partial charge in [-0.25, -0.2) is 0 Å². The van der Waals surface area contributed by atoms with Crippen LogP contribution in [0.1, 0.15) is 48.8 Å². The zero-order valence-corrected chi connectivity index (χ0v) is 18.9. The van der Waals surface area contributed by atoms with E-state index in [2.05, 4.69) is 5.32 Å². The number of hydrogen-bond acceptors (Lipinski definition) is 4. The van der Waals surface area contributed by atoms with Crippen molar-refractivity contribution in [3.63, 3.8) is 0 Å². The number of fused-ring (bicyclic) bond motifs is 1. The Morgan fingerprint density at radius 1 is 1.00 bits per heavy atom. The minimum absolute atomic E-state index is 0.109. The molecule has 0 bridgehead atoms. The summed E-state index contributed by atoms with van der Waals surface area (Å²) >= 11 is 0. The second kappa shape index (κ2) is 9.07. The number of carbonyl (C=O) groups is 2. The van der Waals surface area contributed by atoms with E-state index in [1.807, 2.05) is 50.2 Å². The van der Waals surface area contributed by atoms with Crippen molar-refractivity contribution < 1.29 is 19.1 Å². The molecule has 0 saturated heterocycles. The van der Waals surface area contributed by atoms with Crippen LogP contribution in [0.5, 0.6) is 11.5 Å². The van der Waals surface area contributed by atoms with Crippen molar-refractivity contribution in [3.8, 4) is 11.5 Å². The van der Waals surface area contributed by atoms with Gasteiger partial charge in [0.05, 0.1) is 0 Å². The van der Waals surface area contributed by atoms with E-state index in [-0.39, 0.29) is 18.6 Å². The van der Waals surface area contributed by atoms with Crippen LogP contribution in [-0.2, 0) is 9.59 Å². The minimum Gasteiger partial charge on any atom is -0.454 e. The van der Waals surface area contributed by atoms with Crippen LogP contribution in [0.25, 0.3) is 6.08 Å². The summed E-state index contributed by atoms with van der Waals surface area (Å²) in [5, 5.41) is 3.14. The fourth-order valence-electron chi connectivity index (χ4n) is 4.60. The van der Waals surface area contributed by atoms with E-state index in [9.17, 15) is 9.59 Å². The van der Waals surface area contributed by atoms with Crippen LogP contribution in [0, 0.1) is 13.8 Å². The van der Waals surface area contributed by atoms with Crippen LogP contribution in [0.4, 0.5) is 5.69 Å². The Morgan fingerprint density at radius 3 is 2.41 bits per heavy atom. The Morgan fingerprint density at radius 2 is 1.69 bits per heavy atom. The molecule has 1 aliphatic heterocycles. The van der Waals surface area contributed by atoms with Crippen molar-refractivity contribution in [1.82, 2.24) is 4.90 Å². The third-order valence-electron chi connectivity index (χ3n) is 6.61. The molecule has 2 aliphatic rings. The average molecular weight is 435 g/mol. The van der Waals surface area contributed by atoms with E-state index in [0.29, 0.717) is 24.3 Å². The molecule has 1 heterocycles. The molecule has 2 aromatic carbocycles. The first kappa shape index (κ1) is 21.9. The smallest absolute Gasteiger partial charge is 0.250 e. The Bertz CT molecular complexity index is 1030. The van der Waals surface area contributed by atoms with Crippen molar-refractivity contribution >= 4 is 23.6 Å². The molecule has 0 spiro atoms. The lowest BCUT2D eigenvalue weighted by atomic mass is 9.79. The molecule has 4 rings (SSSR count). The van der Waals surface area contributed by atoms with Crippen LogP contribution in [-0.4, -0.2) is 36.1 Å². The fourth-order valence-corrected chi connectivity index (χ4v) is 4.60. The first-order chi connectivity index (χ1) is 15.4. The highest BCUT2D eigenvalue weighted by atomic mass is 16.7. The normalized spacial score (nSPS) is 16.7. The lowest BCUT2D eigenvalue weighted by Gasteiger charge is -2.43. The number of rotatable bonds is 5. The number of nitrogens with zero attached hydrogens (tertiary/aromatic N) is 1. The number of amides is 2. The summed E-state index contributed by atoms with van der Waals surface area (Å²) in [6.45, 7) is 4.18. The molecular weight excluding hydrogens is 404 g/mol. The van der Waals surface area contributed by atoms with E-state index < -0.39 is 5.54 Å². The zero-order chi connectivity index (χ0) is 22.7. The van der Waals surface area contributed by atoms with E-state index in [0.717, 1.165) is 41.6 Å². The molecule has 6 heteroatoms. The molecule has 1 N–H and O–H groups in total. The van der Waals surface area contributed by atoms with E-state index in [1.165, 1.54) is 6.08 Å². The number of para-hydroxylation sites is 1. The van der Waals surface area contributed by atoms with Crippen LogP contribution >= 0.6 is 0 Å². The Kier molecular flexibility index (Phi) is 6.21. The van der Waals surface area contributed by atoms with E-state index in [4.69, 9.17) is 9.47 Å². The van der Waals surface area contributed by atoms with Crippen LogP contribution in [0.3, 0.4) is 0 Å². The Hall–Kier alpha value is -3.28. The van der Waals surface area contributed by atoms with Gasteiger partial charge in [-0.15, -0.1) is 0 Å². The molecule has 0 atom stereocenters. The third kappa shape index (κ3) is 4.22. The lowest BCUT2D eigenvalue weighted by molar-refractivity contribution is -0.142. The quantitative estimate of drug-likeness (QED) is 0.684. The standard InChI is InChI=1S/C26H30N2O4/c1-18-8-7-9-19(2)24(18)27-25(30)26(14-5-4-6-15-26)28(3)23(29)13-11-20-10-12-21-22(16-20)32-17-31-21/h7-13,16H,4-6,14-15,17H2,1-3H3,(H,27,30). The number of likely N-dealkylation sites (N-methyl/N-ethyl adjacent to an activating group) is 1. The zero-order valence-electron chi connectivity index (χ0n) is 18.9. The largest absolute Gasteiger partial charge is 0.454 e. The predicted octanol–water partition coefficient (Wildman–Crippen LogP) is 4.85. The molecular formula is C26H30N2O4. The minimum atomic E-state index is -0.858. The maximum Gasteiger partial charge on any atom is 0.250 e. The summed E-state index contributed by atoms with van der Waals surface area (Å²) in [6, 6.07) is 11.5. The van der Waals surface area contributed by atoms with Gasteiger partial charge in [-0.1, -0.05) is 43.5 Å². The van der Waals surface area contributed by atoms with Gasteiger partial charge in [-0.2, -0.15) is 0 Å². The molecule has 32 heavy (non-hydrogen) atoms. The number of anilines is 1. The van der Waals surface area contributed by atoms with Crippen LogP contribution < -0.4 is 14.8 Å². The summed E-state index contributed by atoms with van der Waals surface area (Å²) in [4.78, 5) is 28.4. The van der Waals surface area contributed by atoms with Crippen molar-refractivity contribution in [2.45, 2.75) is 51.5 Å². The van der Waals surface area contributed by atoms with Crippen molar-refractivity contribution in [2.75, 3.05) is 19.2 Å². The molecule has 0 unspecified atom stereocenters. The lowest BCUT2D eigenvalue weighted by Crippen LogP contribution is -2.58. The second-order valence-corrected chi connectivity index (χ2v) is 8.66. The van der Waals surface area contributed by atoms with Gasteiger partial charge in [0.25, 0.3) is 0 Å². The molecule has 1 fully saturated rings. The molecule has 168 valence electrons. The number of ether oxygens (including phenoxy) is 2. The molecule has 0 aromatic heterocycles. The summed E-state index contributed by atoms with van der Waals surface area (Å²) < 4.78 is 10.7. The highest BCUT2D eigenvalue weighted by molar-refractivity contribution is 6.03. The maximum atomic E-state index is 13.6. The summed E-state index contributed by atoms with van der Waals surface area (Å²) in [6.07, 6.45) is 7.51. The summed E-state index contributed by atoms with van der Waals surface area (Å²) in [5.74, 6) is 1.07. The number of hydrogen-bond donors (Lipinski definition) is 1. The summed E-state index contributed by atoms with van der Waals surface area (Å²) in [7, 11) is 1.74. The van der Waals surface area contributed by atoms with Gasteiger partial charge >= 0.3 is 0 Å². The molecule has 2 aromatic rings. The topological polar surface area (TPSA) is 67.9 Å². The number of aryl methyl sites for hydroxylation is 2. The van der Waals surface area contributed by atoms with Crippen LogP contribution in [0.15, 0.2) is 42.5 Å². The second-order valence-electron chi connectivity index (χ2n) is 8.66. The molecule has 1 aliphatic carbocycles. The first-order valence-corrected chi connectivity index (χ1v) is 11.1. The summed E-state index contributed by atoms with van der Waals surface area (Å²) in [5.41, 5.74) is 2.85. The first-order valence-electron chi connectivity index (χ1n) is 11.1. The van der Waals surface area contributed by atoms with Crippen molar-refractivity contribution in [1.29, 1.82) is 0 Å². The Labute approximate surface area is 189 Å². The number of benzene rings is 2. The Balaban J connectivity index is 1.55. The van der Waals surface area contributed by atoms with Gasteiger partial charge < -0.3 is 19.7 Å². The van der Waals surface area contributed by atoms with Gasteiger partial charge in [0, 0.05) is 18.8 Å². The SMILES string of the molecule is Cc1cccc(C)c1NC(=O)C1(N(C)C(=O)C=Cc2ccc3c(c2)OCO3)CCCCC1. The molecule has 1 saturated carbocycles. The molecule has 6 nitrogen and oxygen atoms in total. The average Bonchev–Trinajstić information content (AvgIpc) is 3.27. The number of nitrogens with one attached hydrogen (secondary N) is 1. The van der Waals surface area contributed by atoms with Gasteiger partial charge in [-0.05, 0) is 61.6 Å². The highest BCUT2D eigenvalue weighted by Crippen LogP contribution is 2.36. The van der Waals surface area contributed by atoms with Crippen molar-refractivity contribution in [3.05, 3.63) is 59.2 Å². The monoisotopic (exact) mass is 434 g/mol. The van der Waals surface area contributed by atoms with Gasteiger partial charge in [0.15, 0.2) is 11.5 Å². The van der Waals surface area contributed by atoms with Gasteiger partial charge in [0.2, 0.25) is 18.6 Å². The molecule has 0 radical (unpaired) electrons. The highest BCUT2D eigenvalue weighted by Gasteiger charge is 2.45. The van der Waals surface area contributed by atoms with Crippen LogP contribution in [0.2, 0.25) is 0 Å². The van der Waals surface area contributed by atoms with E-state index in [1.54, 1.807) is 18.0 Å². The van der Waals surface area contributed by atoms with E-state index >= 15 is 0 Å². The molecule has 2 amide bonds. The predicted molar refractivity (Wildman–Crippen MR) is 125 cm³/mol. The van der Waals surface area contributed by atoms with Crippen molar-refractivity contribution in [2.24, 2.45) is 0 Å². The van der Waals surface area contributed by atoms with Gasteiger partial charge in [-0.3, -0.25) is 9.59 Å².